The van der Waals surface area contributed by atoms with Gasteiger partial charge >= 0.3 is 5.97 Å². The van der Waals surface area contributed by atoms with Crippen LogP contribution in [0.25, 0.3) is 0 Å². The quantitative estimate of drug-likeness (QED) is 0.644. The molecule has 1 amide bonds. The summed E-state index contributed by atoms with van der Waals surface area (Å²) in [5, 5.41) is 2.76. The van der Waals surface area contributed by atoms with Gasteiger partial charge in [0.1, 0.15) is 5.92 Å². The van der Waals surface area contributed by atoms with E-state index in [1.54, 1.807) is 6.92 Å². The molecule has 0 aromatic heterocycles. The minimum Gasteiger partial charge on any atom is -0.468 e. The van der Waals surface area contributed by atoms with Gasteiger partial charge in [0.15, 0.2) is 0 Å². The van der Waals surface area contributed by atoms with E-state index in [1.165, 1.54) is 7.11 Å². The summed E-state index contributed by atoms with van der Waals surface area (Å²) >= 11 is 3.40. The fourth-order valence-electron chi connectivity index (χ4n) is 1.75. The van der Waals surface area contributed by atoms with E-state index in [9.17, 15) is 9.59 Å². The second-order valence-electron chi connectivity index (χ2n) is 4.15. The van der Waals surface area contributed by atoms with Crippen molar-refractivity contribution in [2.45, 2.75) is 19.8 Å². The molecule has 0 heterocycles. The molecule has 0 saturated carbocycles. The molecular weight excluding hydrogens is 310 g/mol. The van der Waals surface area contributed by atoms with Gasteiger partial charge in [-0.15, -0.1) is 0 Å². The molecule has 0 fully saturated rings. The number of amides is 1. The molecule has 0 aliphatic carbocycles. The van der Waals surface area contributed by atoms with Gasteiger partial charge in [-0.2, -0.15) is 0 Å². The number of methoxy groups -OCH3 is 1. The van der Waals surface area contributed by atoms with Crippen LogP contribution < -0.4 is 5.32 Å². The van der Waals surface area contributed by atoms with Crippen molar-refractivity contribution < 1.29 is 14.3 Å². The third-order valence-corrected chi connectivity index (χ3v) is 3.31. The first-order valence-corrected chi connectivity index (χ1v) is 6.97. The van der Waals surface area contributed by atoms with E-state index in [1.807, 2.05) is 24.3 Å². The minimum absolute atomic E-state index is 0.274. The van der Waals surface area contributed by atoms with E-state index < -0.39 is 11.9 Å². The van der Waals surface area contributed by atoms with Crippen LogP contribution in [-0.2, 0) is 20.7 Å². The molecule has 0 bridgehead atoms. The summed E-state index contributed by atoms with van der Waals surface area (Å²) in [5.74, 6) is -1.47. The number of rotatable bonds is 6. The van der Waals surface area contributed by atoms with E-state index in [-0.39, 0.29) is 5.91 Å². The summed E-state index contributed by atoms with van der Waals surface area (Å²) in [6.45, 7) is 2.29. The Morgan fingerprint density at radius 1 is 1.42 bits per heavy atom. The summed E-state index contributed by atoms with van der Waals surface area (Å²) in [7, 11) is 1.29. The predicted molar refractivity (Wildman–Crippen MR) is 76.7 cm³/mol. The van der Waals surface area contributed by atoms with Crippen LogP contribution in [0.4, 0.5) is 0 Å². The highest BCUT2D eigenvalue weighted by Crippen LogP contribution is 2.12. The molecule has 1 N–H and O–H groups in total. The number of carbonyl (C=O) groups excluding carboxylic acids is 2. The number of hydrogen-bond donors (Lipinski definition) is 1. The molecule has 0 aliphatic rings. The Morgan fingerprint density at radius 2 is 2.16 bits per heavy atom. The van der Waals surface area contributed by atoms with Crippen LogP contribution in [0.1, 0.15) is 18.9 Å². The maximum Gasteiger partial charge on any atom is 0.318 e. The molecule has 1 aromatic carbocycles. The van der Waals surface area contributed by atoms with E-state index in [2.05, 4.69) is 26.0 Å². The zero-order valence-electron chi connectivity index (χ0n) is 11.1. The van der Waals surface area contributed by atoms with Gasteiger partial charge in [-0.1, -0.05) is 35.0 Å². The van der Waals surface area contributed by atoms with Crippen molar-refractivity contribution in [3.05, 3.63) is 34.3 Å². The van der Waals surface area contributed by atoms with Gasteiger partial charge in [0.25, 0.3) is 0 Å². The number of nitrogens with one attached hydrogen (secondary N) is 1. The van der Waals surface area contributed by atoms with Crippen molar-refractivity contribution in [3.8, 4) is 0 Å². The molecular formula is C14H18BrNO3. The Bertz CT molecular complexity index is 448. The van der Waals surface area contributed by atoms with E-state index >= 15 is 0 Å². The summed E-state index contributed by atoms with van der Waals surface area (Å²) in [6, 6.07) is 7.90. The standard InChI is InChI=1S/C14H18BrNO3/c1-3-12(14(18)19-2)13(17)16-8-7-10-5-4-6-11(15)9-10/h4-6,9,12H,3,7-8H2,1-2H3,(H,16,17). The van der Waals surface area contributed by atoms with Crippen molar-refractivity contribution in [1.29, 1.82) is 0 Å². The molecule has 1 rings (SSSR count). The van der Waals surface area contributed by atoms with E-state index in [4.69, 9.17) is 0 Å². The van der Waals surface area contributed by atoms with Crippen molar-refractivity contribution in [2.75, 3.05) is 13.7 Å². The Kier molecular flexibility index (Phi) is 6.56. The van der Waals surface area contributed by atoms with Crippen molar-refractivity contribution in [2.24, 2.45) is 5.92 Å². The average molecular weight is 328 g/mol. The zero-order chi connectivity index (χ0) is 14.3. The summed E-state index contributed by atoms with van der Waals surface area (Å²) in [5.41, 5.74) is 1.13. The lowest BCUT2D eigenvalue weighted by Gasteiger charge is -2.12. The maximum atomic E-state index is 11.8. The molecule has 19 heavy (non-hydrogen) atoms. The number of halogens is 1. The van der Waals surface area contributed by atoms with Crippen molar-refractivity contribution >= 4 is 27.8 Å². The van der Waals surface area contributed by atoms with Gasteiger partial charge in [-0.25, -0.2) is 0 Å². The lowest BCUT2D eigenvalue weighted by Crippen LogP contribution is -2.36. The molecule has 0 aliphatic heterocycles. The third-order valence-electron chi connectivity index (χ3n) is 2.81. The Hall–Kier alpha value is -1.36. The van der Waals surface area contributed by atoms with Crippen LogP contribution in [0, 0.1) is 5.92 Å². The summed E-state index contributed by atoms with van der Waals surface area (Å²) in [4.78, 5) is 23.2. The van der Waals surface area contributed by atoms with Gasteiger partial charge in [-0.05, 0) is 30.5 Å². The van der Waals surface area contributed by atoms with Crippen LogP contribution >= 0.6 is 15.9 Å². The Balaban J connectivity index is 2.44. The highest BCUT2D eigenvalue weighted by Gasteiger charge is 2.24. The Morgan fingerprint density at radius 3 is 2.74 bits per heavy atom. The number of hydrogen-bond acceptors (Lipinski definition) is 3. The number of ether oxygens (including phenoxy) is 1. The number of esters is 1. The van der Waals surface area contributed by atoms with Crippen LogP contribution in [0.15, 0.2) is 28.7 Å². The van der Waals surface area contributed by atoms with Crippen LogP contribution in [-0.4, -0.2) is 25.5 Å². The van der Waals surface area contributed by atoms with Gasteiger partial charge < -0.3 is 10.1 Å². The molecule has 0 spiro atoms. The van der Waals surface area contributed by atoms with E-state index in [0.717, 1.165) is 16.5 Å². The molecule has 5 heteroatoms. The second-order valence-corrected chi connectivity index (χ2v) is 5.07. The van der Waals surface area contributed by atoms with Gasteiger partial charge in [-0.3, -0.25) is 9.59 Å². The average Bonchev–Trinajstić information content (AvgIpc) is 2.39. The third kappa shape index (κ3) is 5.03. The number of carbonyl (C=O) groups is 2. The molecule has 0 saturated heterocycles. The first kappa shape index (κ1) is 15.7. The maximum absolute atomic E-state index is 11.8. The largest absolute Gasteiger partial charge is 0.468 e. The molecule has 1 atom stereocenters. The first-order chi connectivity index (χ1) is 9.08. The molecule has 0 radical (unpaired) electrons. The minimum atomic E-state index is -0.715. The van der Waals surface area contributed by atoms with Crippen molar-refractivity contribution in [1.82, 2.24) is 5.32 Å². The van der Waals surface area contributed by atoms with E-state index in [0.29, 0.717) is 13.0 Å². The monoisotopic (exact) mass is 327 g/mol. The van der Waals surface area contributed by atoms with Crippen LogP contribution in [0.5, 0.6) is 0 Å². The fourth-order valence-corrected chi connectivity index (χ4v) is 2.19. The highest BCUT2D eigenvalue weighted by molar-refractivity contribution is 9.10. The van der Waals surface area contributed by atoms with Gasteiger partial charge in [0.05, 0.1) is 7.11 Å². The molecule has 4 nitrogen and oxygen atoms in total. The highest BCUT2D eigenvalue weighted by atomic mass is 79.9. The number of benzene rings is 1. The summed E-state index contributed by atoms with van der Waals surface area (Å²) in [6.07, 6.45) is 1.16. The molecule has 1 aromatic rings. The first-order valence-electron chi connectivity index (χ1n) is 6.18. The predicted octanol–water partition coefficient (Wildman–Crippen LogP) is 2.31. The second kappa shape index (κ2) is 7.94. The van der Waals surface area contributed by atoms with Crippen LogP contribution in [0.2, 0.25) is 0 Å². The molecule has 1 unspecified atom stereocenters. The van der Waals surface area contributed by atoms with Crippen molar-refractivity contribution in [3.63, 3.8) is 0 Å². The topological polar surface area (TPSA) is 55.4 Å². The normalized spacial score (nSPS) is 11.7. The van der Waals surface area contributed by atoms with Gasteiger partial charge in [0, 0.05) is 11.0 Å². The van der Waals surface area contributed by atoms with Gasteiger partial charge in [0.2, 0.25) is 5.91 Å². The molecule has 104 valence electrons. The fraction of sp³-hybridized carbons (Fsp3) is 0.429. The SMILES string of the molecule is CCC(C(=O)NCCc1cccc(Br)c1)C(=O)OC. The Labute approximate surface area is 121 Å². The smallest absolute Gasteiger partial charge is 0.318 e. The zero-order valence-corrected chi connectivity index (χ0v) is 12.7. The summed E-state index contributed by atoms with van der Waals surface area (Å²) < 4.78 is 5.61. The lowest BCUT2D eigenvalue weighted by molar-refractivity contribution is -0.150. The lowest BCUT2D eigenvalue weighted by atomic mass is 10.1. The van der Waals surface area contributed by atoms with Crippen LogP contribution in [0.3, 0.4) is 0 Å².